The molecule has 0 spiro atoms. The fourth-order valence-corrected chi connectivity index (χ4v) is 1.95. The van der Waals surface area contributed by atoms with Crippen molar-refractivity contribution in [1.29, 1.82) is 5.26 Å². The van der Waals surface area contributed by atoms with Crippen LogP contribution in [-0.4, -0.2) is 23.5 Å². The quantitative estimate of drug-likeness (QED) is 0.571. The fourth-order valence-electron chi connectivity index (χ4n) is 1.95. The van der Waals surface area contributed by atoms with Crippen molar-refractivity contribution < 1.29 is 0 Å². The van der Waals surface area contributed by atoms with E-state index in [1.165, 1.54) is 0 Å². The van der Waals surface area contributed by atoms with Crippen molar-refractivity contribution in [2.24, 2.45) is 5.92 Å². The van der Waals surface area contributed by atoms with Crippen LogP contribution in [0.3, 0.4) is 0 Å². The van der Waals surface area contributed by atoms with Gasteiger partial charge in [0.15, 0.2) is 0 Å². The molecule has 0 saturated carbocycles. The highest BCUT2D eigenvalue weighted by Gasteiger charge is 2.36. The Balaban J connectivity index is 2.64. The highest BCUT2D eigenvalue weighted by atomic mass is 15.2. The molecule has 62 valence electrons. The van der Waals surface area contributed by atoms with Crippen LogP contribution in [0.4, 0.5) is 0 Å². The summed E-state index contributed by atoms with van der Waals surface area (Å²) < 4.78 is 0. The summed E-state index contributed by atoms with van der Waals surface area (Å²) in [7, 11) is 0. The predicted molar refractivity (Wildman–Crippen MR) is 45.0 cm³/mol. The smallest absolute Gasteiger partial charge is 0.0670 e. The van der Waals surface area contributed by atoms with Crippen LogP contribution in [0.25, 0.3) is 0 Å². The summed E-state index contributed by atoms with van der Waals surface area (Å²) in [6.45, 7) is 8.61. The monoisotopic (exact) mass is 152 g/mol. The molecular formula is C9H16N2. The van der Waals surface area contributed by atoms with Gasteiger partial charge in [-0.05, 0) is 26.8 Å². The first kappa shape index (κ1) is 8.55. The average Bonchev–Trinajstić information content (AvgIpc) is 2.24. The third-order valence-electron chi connectivity index (χ3n) is 2.61. The van der Waals surface area contributed by atoms with Gasteiger partial charge in [-0.1, -0.05) is 6.92 Å². The second-order valence-corrected chi connectivity index (χ2v) is 3.88. The van der Waals surface area contributed by atoms with Crippen molar-refractivity contribution in [3.05, 3.63) is 0 Å². The van der Waals surface area contributed by atoms with Crippen LogP contribution < -0.4 is 0 Å². The molecule has 0 bridgehead atoms. The lowest BCUT2D eigenvalue weighted by atomic mass is 9.97. The lowest BCUT2D eigenvalue weighted by molar-refractivity contribution is 0.184. The van der Waals surface area contributed by atoms with Gasteiger partial charge in [0.25, 0.3) is 0 Å². The first-order chi connectivity index (χ1) is 5.10. The van der Waals surface area contributed by atoms with Gasteiger partial charge in [-0.25, -0.2) is 0 Å². The van der Waals surface area contributed by atoms with E-state index in [1.807, 2.05) is 0 Å². The number of nitriles is 1. The van der Waals surface area contributed by atoms with Gasteiger partial charge in [-0.15, -0.1) is 0 Å². The molecule has 0 radical (unpaired) electrons. The molecule has 0 amide bonds. The highest BCUT2D eigenvalue weighted by molar-refractivity contribution is 5.00. The minimum atomic E-state index is 0.245. The maximum absolute atomic E-state index is 8.73. The Morgan fingerprint density at radius 1 is 1.64 bits per heavy atom. The zero-order chi connectivity index (χ0) is 8.48. The van der Waals surface area contributed by atoms with Crippen molar-refractivity contribution >= 4 is 0 Å². The van der Waals surface area contributed by atoms with E-state index in [0.29, 0.717) is 0 Å². The topological polar surface area (TPSA) is 27.0 Å². The number of rotatable bonds is 1. The zero-order valence-corrected chi connectivity index (χ0v) is 7.59. The van der Waals surface area contributed by atoms with Crippen molar-refractivity contribution in [1.82, 2.24) is 4.90 Å². The van der Waals surface area contributed by atoms with E-state index < -0.39 is 0 Å². The number of hydrogen-bond acceptors (Lipinski definition) is 2. The van der Waals surface area contributed by atoms with Gasteiger partial charge in [-0.2, -0.15) is 5.26 Å². The van der Waals surface area contributed by atoms with Crippen molar-refractivity contribution in [2.75, 3.05) is 13.1 Å². The molecular weight excluding hydrogens is 136 g/mol. The molecule has 2 heteroatoms. The first-order valence-electron chi connectivity index (χ1n) is 4.25. The Labute approximate surface area is 68.8 Å². The molecule has 0 aromatic rings. The van der Waals surface area contributed by atoms with Crippen LogP contribution >= 0.6 is 0 Å². The molecule has 1 unspecified atom stereocenters. The molecule has 2 nitrogen and oxygen atoms in total. The molecule has 0 N–H and O–H groups in total. The fraction of sp³-hybridized carbons (Fsp3) is 0.889. The SMILES string of the molecule is CCN1CC(C#N)CC1(C)C. The van der Waals surface area contributed by atoms with Crippen LogP contribution in [0, 0.1) is 17.2 Å². The minimum absolute atomic E-state index is 0.245. The number of nitrogens with zero attached hydrogens (tertiary/aromatic N) is 2. The van der Waals surface area contributed by atoms with Gasteiger partial charge in [-0.3, -0.25) is 4.90 Å². The third-order valence-corrected chi connectivity index (χ3v) is 2.61. The Kier molecular flexibility index (Phi) is 2.20. The summed E-state index contributed by atoms with van der Waals surface area (Å²) >= 11 is 0. The Bertz CT molecular complexity index is 178. The molecule has 1 rings (SSSR count). The van der Waals surface area contributed by atoms with E-state index in [9.17, 15) is 0 Å². The summed E-state index contributed by atoms with van der Waals surface area (Å²) in [5.74, 6) is 0.255. The first-order valence-corrected chi connectivity index (χ1v) is 4.25. The lowest BCUT2D eigenvalue weighted by Gasteiger charge is -2.29. The molecule has 1 aliphatic heterocycles. The second kappa shape index (κ2) is 2.83. The summed E-state index contributed by atoms with van der Waals surface area (Å²) in [5, 5.41) is 8.73. The summed E-state index contributed by atoms with van der Waals surface area (Å²) in [4.78, 5) is 2.38. The van der Waals surface area contributed by atoms with E-state index in [1.54, 1.807) is 0 Å². The molecule has 0 aromatic carbocycles. The lowest BCUT2D eigenvalue weighted by Crippen LogP contribution is -2.37. The Morgan fingerprint density at radius 2 is 2.27 bits per heavy atom. The van der Waals surface area contributed by atoms with E-state index >= 15 is 0 Å². The maximum atomic E-state index is 8.73. The van der Waals surface area contributed by atoms with Gasteiger partial charge in [0.05, 0.1) is 12.0 Å². The minimum Gasteiger partial charge on any atom is -0.297 e. The van der Waals surface area contributed by atoms with E-state index in [4.69, 9.17) is 5.26 Å². The number of hydrogen-bond donors (Lipinski definition) is 0. The Hall–Kier alpha value is -0.550. The van der Waals surface area contributed by atoms with E-state index in [2.05, 4.69) is 31.7 Å². The van der Waals surface area contributed by atoms with Crippen LogP contribution in [0.15, 0.2) is 0 Å². The molecule has 0 aromatic heterocycles. The van der Waals surface area contributed by atoms with Crippen LogP contribution in [-0.2, 0) is 0 Å². The normalized spacial score (nSPS) is 30.2. The van der Waals surface area contributed by atoms with Gasteiger partial charge in [0.1, 0.15) is 0 Å². The van der Waals surface area contributed by atoms with Crippen molar-refractivity contribution in [2.45, 2.75) is 32.7 Å². The van der Waals surface area contributed by atoms with Crippen molar-refractivity contribution in [3.8, 4) is 6.07 Å². The van der Waals surface area contributed by atoms with Gasteiger partial charge >= 0.3 is 0 Å². The summed E-state index contributed by atoms with van der Waals surface area (Å²) in [5.41, 5.74) is 0.245. The summed E-state index contributed by atoms with van der Waals surface area (Å²) in [6.07, 6.45) is 1.03. The molecule has 1 saturated heterocycles. The largest absolute Gasteiger partial charge is 0.297 e. The average molecular weight is 152 g/mol. The van der Waals surface area contributed by atoms with Crippen molar-refractivity contribution in [3.63, 3.8) is 0 Å². The van der Waals surface area contributed by atoms with Crippen LogP contribution in [0.1, 0.15) is 27.2 Å². The van der Waals surface area contributed by atoms with Crippen LogP contribution in [0.5, 0.6) is 0 Å². The maximum Gasteiger partial charge on any atom is 0.0670 e. The molecule has 0 aliphatic carbocycles. The molecule has 1 atom stereocenters. The van der Waals surface area contributed by atoms with Gasteiger partial charge in [0, 0.05) is 12.1 Å². The Morgan fingerprint density at radius 3 is 2.55 bits per heavy atom. The van der Waals surface area contributed by atoms with Gasteiger partial charge in [0.2, 0.25) is 0 Å². The molecule has 1 aliphatic rings. The predicted octanol–water partition coefficient (Wildman–Crippen LogP) is 1.63. The second-order valence-electron chi connectivity index (χ2n) is 3.88. The van der Waals surface area contributed by atoms with E-state index in [-0.39, 0.29) is 11.5 Å². The molecule has 1 fully saturated rings. The standard InChI is InChI=1S/C9H16N2/c1-4-11-7-8(6-10)5-9(11,2)3/h8H,4-5,7H2,1-3H3. The number of likely N-dealkylation sites (tertiary alicyclic amines) is 1. The van der Waals surface area contributed by atoms with E-state index in [0.717, 1.165) is 19.5 Å². The highest BCUT2D eigenvalue weighted by Crippen LogP contribution is 2.31. The molecule has 1 heterocycles. The third kappa shape index (κ3) is 1.54. The zero-order valence-electron chi connectivity index (χ0n) is 7.59. The van der Waals surface area contributed by atoms with Crippen LogP contribution in [0.2, 0.25) is 0 Å². The summed E-state index contributed by atoms with van der Waals surface area (Å²) in [6, 6.07) is 2.34. The van der Waals surface area contributed by atoms with Gasteiger partial charge < -0.3 is 0 Å². The molecule has 11 heavy (non-hydrogen) atoms.